The highest BCUT2D eigenvalue weighted by atomic mass is 16.5. The Hall–Kier alpha value is -1.39. The molecule has 4 nitrogen and oxygen atoms in total. The van der Waals surface area contributed by atoms with Crippen molar-refractivity contribution >= 4 is 5.91 Å². The number of hydrogen-bond donors (Lipinski definition) is 1. The van der Waals surface area contributed by atoms with Crippen molar-refractivity contribution in [3.63, 3.8) is 0 Å². The zero-order chi connectivity index (χ0) is 15.9. The molecule has 1 aromatic rings. The Kier molecular flexibility index (Phi) is 6.40. The lowest BCUT2D eigenvalue weighted by Crippen LogP contribution is -2.40. The van der Waals surface area contributed by atoms with Crippen molar-refractivity contribution in [2.75, 3.05) is 14.2 Å². The zero-order valence-corrected chi connectivity index (χ0v) is 13.7. The monoisotopic (exact) mass is 304 g/mol. The number of ether oxygens (including phenoxy) is 1. The number of hydrogen-bond acceptors (Lipinski definition) is 3. The predicted octanol–water partition coefficient (Wildman–Crippen LogP) is 2.88. The number of carbonyl (C=O) groups is 1. The Morgan fingerprint density at radius 3 is 2.50 bits per heavy atom. The molecule has 1 aromatic carbocycles. The van der Waals surface area contributed by atoms with E-state index in [0.29, 0.717) is 25.0 Å². The Balaban J connectivity index is 1.77. The number of carbonyl (C=O) groups excluding carboxylic acids is 1. The minimum absolute atomic E-state index is 0.0669. The molecule has 122 valence electrons. The van der Waals surface area contributed by atoms with Crippen molar-refractivity contribution in [3.05, 3.63) is 35.9 Å². The molecule has 1 aliphatic carbocycles. The van der Waals surface area contributed by atoms with E-state index in [4.69, 9.17) is 10.5 Å². The molecule has 22 heavy (non-hydrogen) atoms. The van der Waals surface area contributed by atoms with E-state index in [1.165, 1.54) is 0 Å². The summed E-state index contributed by atoms with van der Waals surface area (Å²) in [6, 6.07) is 10.3. The van der Waals surface area contributed by atoms with Crippen molar-refractivity contribution in [3.8, 4) is 0 Å². The van der Waals surface area contributed by atoms with E-state index in [0.717, 1.165) is 31.2 Å². The van der Waals surface area contributed by atoms with Crippen LogP contribution in [0.5, 0.6) is 0 Å². The summed E-state index contributed by atoms with van der Waals surface area (Å²) in [6.45, 7) is 0. The van der Waals surface area contributed by atoms with Gasteiger partial charge in [0, 0.05) is 32.7 Å². The molecule has 1 unspecified atom stereocenters. The molecule has 1 amide bonds. The second kappa shape index (κ2) is 8.30. The molecule has 0 bridgehead atoms. The van der Waals surface area contributed by atoms with Crippen LogP contribution in [0.15, 0.2) is 30.3 Å². The highest BCUT2D eigenvalue weighted by Gasteiger charge is 2.26. The Bertz CT molecular complexity index is 455. The maximum atomic E-state index is 12.4. The molecule has 1 atom stereocenters. The van der Waals surface area contributed by atoms with Crippen LogP contribution in [0.25, 0.3) is 0 Å². The summed E-state index contributed by atoms with van der Waals surface area (Å²) < 4.78 is 5.39. The number of amides is 1. The molecule has 1 aliphatic rings. The number of benzene rings is 1. The van der Waals surface area contributed by atoms with Gasteiger partial charge in [-0.2, -0.15) is 0 Å². The minimum atomic E-state index is -0.0669. The van der Waals surface area contributed by atoms with Crippen molar-refractivity contribution in [2.24, 2.45) is 5.73 Å². The molecule has 4 heteroatoms. The van der Waals surface area contributed by atoms with Gasteiger partial charge in [-0.3, -0.25) is 4.79 Å². The Morgan fingerprint density at radius 2 is 1.91 bits per heavy atom. The molecule has 0 heterocycles. The van der Waals surface area contributed by atoms with E-state index in [9.17, 15) is 4.79 Å². The van der Waals surface area contributed by atoms with Crippen LogP contribution in [-0.4, -0.2) is 37.1 Å². The second-order valence-corrected chi connectivity index (χ2v) is 6.23. The van der Waals surface area contributed by atoms with E-state index in [1.54, 1.807) is 7.11 Å². The normalized spacial score (nSPS) is 23.0. The smallest absolute Gasteiger partial charge is 0.222 e. The van der Waals surface area contributed by atoms with Crippen LogP contribution >= 0.6 is 0 Å². The van der Waals surface area contributed by atoms with Gasteiger partial charge in [0.25, 0.3) is 0 Å². The molecule has 2 rings (SSSR count). The summed E-state index contributed by atoms with van der Waals surface area (Å²) in [4.78, 5) is 14.3. The summed E-state index contributed by atoms with van der Waals surface area (Å²) in [6.07, 6.45) is 5.73. The number of rotatable bonds is 6. The van der Waals surface area contributed by atoms with Crippen LogP contribution in [-0.2, 0) is 9.53 Å². The summed E-state index contributed by atoms with van der Waals surface area (Å²) in [5.41, 5.74) is 7.27. The van der Waals surface area contributed by atoms with Crippen LogP contribution in [0.2, 0.25) is 0 Å². The van der Waals surface area contributed by atoms with Gasteiger partial charge in [0.05, 0.1) is 6.10 Å². The lowest BCUT2D eigenvalue weighted by atomic mass is 9.91. The fraction of sp³-hybridized carbons (Fsp3) is 0.611. The molecule has 0 spiro atoms. The average molecular weight is 304 g/mol. The molecule has 0 saturated heterocycles. The van der Waals surface area contributed by atoms with Gasteiger partial charge < -0.3 is 15.4 Å². The molecule has 0 radical (unpaired) electrons. The lowest BCUT2D eigenvalue weighted by Gasteiger charge is -2.34. The Labute approximate surface area is 133 Å². The average Bonchev–Trinajstić information content (AvgIpc) is 2.59. The highest BCUT2D eigenvalue weighted by molar-refractivity contribution is 5.76. The third-order valence-corrected chi connectivity index (χ3v) is 4.82. The number of nitrogens with zero attached hydrogens (tertiary/aromatic N) is 1. The number of nitrogens with two attached hydrogens (primary N) is 1. The van der Waals surface area contributed by atoms with Gasteiger partial charge in [0.15, 0.2) is 0 Å². The van der Waals surface area contributed by atoms with Crippen molar-refractivity contribution in [1.82, 2.24) is 4.90 Å². The maximum absolute atomic E-state index is 12.4. The Morgan fingerprint density at radius 1 is 1.27 bits per heavy atom. The molecule has 2 N–H and O–H groups in total. The maximum Gasteiger partial charge on any atom is 0.222 e. The summed E-state index contributed by atoms with van der Waals surface area (Å²) >= 11 is 0. The first-order valence-electron chi connectivity index (χ1n) is 8.20. The molecular weight excluding hydrogens is 276 g/mol. The third-order valence-electron chi connectivity index (χ3n) is 4.82. The van der Waals surface area contributed by atoms with Crippen LogP contribution in [0.1, 0.15) is 50.1 Å². The van der Waals surface area contributed by atoms with Gasteiger partial charge in [-0.15, -0.1) is 0 Å². The van der Waals surface area contributed by atoms with E-state index in [-0.39, 0.29) is 11.9 Å². The molecule has 0 aliphatic heterocycles. The van der Waals surface area contributed by atoms with Gasteiger partial charge >= 0.3 is 0 Å². The second-order valence-electron chi connectivity index (χ2n) is 6.23. The van der Waals surface area contributed by atoms with E-state index < -0.39 is 0 Å². The molecular formula is C18H28N2O2. The largest absolute Gasteiger partial charge is 0.381 e. The summed E-state index contributed by atoms with van der Waals surface area (Å²) in [7, 11) is 3.69. The van der Waals surface area contributed by atoms with E-state index in [2.05, 4.69) is 0 Å². The van der Waals surface area contributed by atoms with Crippen molar-refractivity contribution < 1.29 is 9.53 Å². The van der Waals surface area contributed by atoms with Crippen molar-refractivity contribution in [1.29, 1.82) is 0 Å². The number of methoxy groups -OCH3 is 1. The lowest BCUT2D eigenvalue weighted by molar-refractivity contribution is -0.133. The van der Waals surface area contributed by atoms with E-state index in [1.807, 2.05) is 42.3 Å². The first-order valence-corrected chi connectivity index (χ1v) is 8.20. The van der Waals surface area contributed by atoms with E-state index >= 15 is 0 Å². The quantitative estimate of drug-likeness (QED) is 0.879. The summed E-state index contributed by atoms with van der Waals surface area (Å²) in [5.74, 6) is 0.201. The fourth-order valence-corrected chi connectivity index (χ4v) is 3.19. The fourth-order valence-electron chi connectivity index (χ4n) is 3.19. The van der Waals surface area contributed by atoms with Gasteiger partial charge in [-0.1, -0.05) is 30.3 Å². The topological polar surface area (TPSA) is 55.6 Å². The summed E-state index contributed by atoms with van der Waals surface area (Å²) in [5, 5.41) is 0. The van der Waals surface area contributed by atoms with Gasteiger partial charge in [0.1, 0.15) is 0 Å². The molecule has 1 fully saturated rings. The van der Waals surface area contributed by atoms with Crippen LogP contribution < -0.4 is 5.73 Å². The van der Waals surface area contributed by atoms with Gasteiger partial charge in [0.2, 0.25) is 5.91 Å². The third kappa shape index (κ3) is 4.55. The van der Waals surface area contributed by atoms with Crippen molar-refractivity contribution in [2.45, 2.75) is 56.7 Å². The first kappa shape index (κ1) is 17.0. The highest BCUT2D eigenvalue weighted by Crippen LogP contribution is 2.25. The molecule has 0 aromatic heterocycles. The SMILES string of the molecule is COC1CCC(N(C)C(=O)CCC(N)c2ccccc2)CC1. The van der Waals surface area contributed by atoms with Crippen LogP contribution in [0, 0.1) is 0 Å². The predicted molar refractivity (Wildman–Crippen MR) is 88.4 cm³/mol. The first-order chi connectivity index (χ1) is 10.6. The zero-order valence-electron chi connectivity index (χ0n) is 13.7. The standard InChI is InChI=1S/C18H28N2O2/c1-20(15-8-10-16(22-2)11-9-15)18(21)13-12-17(19)14-6-4-3-5-7-14/h3-7,15-17H,8-13,19H2,1-2H3. The molecule has 1 saturated carbocycles. The van der Waals surface area contributed by atoms with Crippen LogP contribution in [0.3, 0.4) is 0 Å². The van der Waals surface area contributed by atoms with Gasteiger partial charge in [-0.05, 0) is 37.7 Å². The minimum Gasteiger partial charge on any atom is -0.381 e. The van der Waals surface area contributed by atoms with Crippen LogP contribution in [0.4, 0.5) is 0 Å². The van der Waals surface area contributed by atoms with Gasteiger partial charge in [-0.25, -0.2) is 0 Å².